The van der Waals surface area contributed by atoms with Crippen molar-refractivity contribution in [1.82, 2.24) is 9.88 Å². The molecule has 1 aliphatic rings. The van der Waals surface area contributed by atoms with Crippen LogP contribution in [0.3, 0.4) is 0 Å². The van der Waals surface area contributed by atoms with Crippen LogP contribution in [0.25, 0.3) is 22.2 Å². The van der Waals surface area contributed by atoms with Crippen molar-refractivity contribution in [3.05, 3.63) is 88.4 Å². The van der Waals surface area contributed by atoms with Crippen LogP contribution in [0, 0.1) is 12.8 Å². The van der Waals surface area contributed by atoms with Gasteiger partial charge in [0.05, 0.1) is 0 Å². The highest BCUT2D eigenvalue weighted by molar-refractivity contribution is 6.30. The molecule has 4 aromatic rings. The Morgan fingerprint density at radius 2 is 1.82 bits per heavy atom. The van der Waals surface area contributed by atoms with Gasteiger partial charge in [0.15, 0.2) is 0 Å². The highest BCUT2D eigenvalue weighted by atomic mass is 35.5. The number of piperidine rings is 1. The molecule has 1 aliphatic heterocycles. The summed E-state index contributed by atoms with van der Waals surface area (Å²) in [5, 5.41) is 5.14. The Hall–Kier alpha value is -3.08. The van der Waals surface area contributed by atoms with Crippen LogP contribution in [0.2, 0.25) is 5.02 Å². The van der Waals surface area contributed by atoms with Crippen molar-refractivity contribution in [1.29, 1.82) is 0 Å². The number of hydrogen-bond donors (Lipinski definition) is 2. The summed E-state index contributed by atoms with van der Waals surface area (Å²) in [6, 6.07) is 23.3. The van der Waals surface area contributed by atoms with Crippen LogP contribution >= 0.6 is 11.6 Å². The standard InChI is InChI=1S/C33H38ClN3O/c1-22(2)33(38)35-28-7-4-6-26(21-28)24-15-18-37(19-16-24)17-5-8-29-30-20-23(3)9-14-31(30)36-32(29)25-10-12-27(34)13-11-25/h4,6-7,9-14,20-22,24,36H,5,8,15-19H2,1-3H3,(H,35,38). The van der Waals surface area contributed by atoms with Crippen LogP contribution in [-0.2, 0) is 11.2 Å². The fourth-order valence-electron chi connectivity index (χ4n) is 5.61. The molecule has 0 aliphatic carbocycles. The monoisotopic (exact) mass is 527 g/mol. The first-order valence-electron chi connectivity index (χ1n) is 13.9. The number of rotatable bonds is 8. The van der Waals surface area contributed by atoms with Gasteiger partial charge in [-0.05, 0) is 111 Å². The predicted octanol–water partition coefficient (Wildman–Crippen LogP) is 8.20. The second-order valence-electron chi connectivity index (χ2n) is 11.0. The molecule has 2 N–H and O–H groups in total. The molecule has 3 aromatic carbocycles. The Morgan fingerprint density at radius 1 is 1.05 bits per heavy atom. The number of fused-ring (bicyclic) bond motifs is 1. The van der Waals surface area contributed by atoms with E-state index in [2.05, 4.69) is 70.7 Å². The van der Waals surface area contributed by atoms with Crippen molar-refractivity contribution in [2.75, 3.05) is 25.0 Å². The molecule has 0 unspecified atom stereocenters. The summed E-state index contributed by atoms with van der Waals surface area (Å²) in [5.74, 6) is 0.606. The normalized spacial score (nSPS) is 14.9. The van der Waals surface area contributed by atoms with E-state index in [0.29, 0.717) is 5.92 Å². The van der Waals surface area contributed by atoms with Crippen molar-refractivity contribution in [3.8, 4) is 11.3 Å². The number of likely N-dealkylation sites (tertiary alicyclic amines) is 1. The molecule has 0 radical (unpaired) electrons. The molecule has 1 saturated heterocycles. The van der Waals surface area contributed by atoms with E-state index in [1.54, 1.807) is 0 Å². The van der Waals surface area contributed by atoms with Crippen LogP contribution < -0.4 is 5.32 Å². The Kier molecular flexibility index (Phi) is 8.21. The molecule has 2 heterocycles. The minimum Gasteiger partial charge on any atom is -0.354 e. The molecule has 198 valence electrons. The second-order valence-corrected chi connectivity index (χ2v) is 11.5. The topological polar surface area (TPSA) is 48.1 Å². The molecule has 1 amide bonds. The SMILES string of the molecule is Cc1ccc2[nH]c(-c3ccc(Cl)cc3)c(CCCN3CCC(c4cccc(NC(=O)C(C)C)c4)CC3)c2c1. The predicted molar refractivity (Wildman–Crippen MR) is 160 cm³/mol. The number of nitrogens with one attached hydrogen (secondary N) is 2. The molecule has 5 heteroatoms. The fraction of sp³-hybridized carbons (Fsp3) is 0.364. The Morgan fingerprint density at radius 3 is 2.55 bits per heavy atom. The molecule has 0 bridgehead atoms. The van der Waals surface area contributed by atoms with E-state index in [9.17, 15) is 4.79 Å². The number of H-pyrrole nitrogens is 1. The number of benzene rings is 3. The first-order chi connectivity index (χ1) is 18.4. The number of carbonyl (C=O) groups excluding carboxylic acids is 1. The number of halogens is 1. The average molecular weight is 528 g/mol. The van der Waals surface area contributed by atoms with E-state index in [1.807, 2.05) is 32.0 Å². The van der Waals surface area contributed by atoms with Gasteiger partial charge >= 0.3 is 0 Å². The lowest BCUT2D eigenvalue weighted by molar-refractivity contribution is -0.118. The van der Waals surface area contributed by atoms with E-state index >= 15 is 0 Å². The summed E-state index contributed by atoms with van der Waals surface area (Å²) in [6.07, 6.45) is 4.48. The van der Waals surface area contributed by atoms with Gasteiger partial charge in [-0.15, -0.1) is 0 Å². The number of aromatic amines is 1. The molecule has 0 spiro atoms. The zero-order valence-electron chi connectivity index (χ0n) is 22.7. The van der Waals surface area contributed by atoms with Crippen molar-refractivity contribution in [3.63, 3.8) is 0 Å². The molecule has 1 fully saturated rings. The van der Waals surface area contributed by atoms with Gasteiger partial charge in [0, 0.05) is 33.2 Å². The number of carbonyl (C=O) groups is 1. The Bertz CT molecular complexity index is 1400. The zero-order chi connectivity index (χ0) is 26.6. The smallest absolute Gasteiger partial charge is 0.226 e. The van der Waals surface area contributed by atoms with E-state index in [-0.39, 0.29) is 11.8 Å². The number of anilines is 1. The number of aryl methyl sites for hydroxylation is 2. The van der Waals surface area contributed by atoms with Crippen LogP contribution in [0.1, 0.15) is 55.7 Å². The third-order valence-corrected chi connectivity index (χ3v) is 8.09. The molecular formula is C33H38ClN3O. The number of hydrogen-bond acceptors (Lipinski definition) is 2. The maximum Gasteiger partial charge on any atom is 0.226 e. The lowest BCUT2D eigenvalue weighted by Gasteiger charge is -2.32. The van der Waals surface area contributed by atoms with Gasteiger partial charge in [-0.2, -0.15) is 0 Å². The van der Waals surface area contributed by atoms with E-state index in [4.69, 9.17) is 11.6 Å². The van der Waals surface area contributed by atoms with Crippen LogP contribution in [-0.4, -0.2) is 35.4 Å². The summed E-state index contributed by atoms with van der Waals surface area (Å²) in [4.78, 5) is 18.4. The van der Waals surface area contributed by atoms with Crippen LogP contribution in [0.15, 0.2) is 66.7 Å². The van der Waals surface area contributed by atoms with Crippen LogP contribution in [0.4, 0.5) is 5.69 Å². The van der Waals surface area contributed by atoms with Crippen molar-refractivity contribution in [2.24, 2.45) is 5.92 Å². The number of nitrogens with zero attached hydrogens (tertiary/aromatic N) is 1. The first-order valence-corrected chi connectivity index (χ1v) is 14.3. The molecular weight excluding hydrogens is 490 g/mol. The fourth-order valence-corrected chi connectivity index (χ4v) is 5.74. The van der Waals surface area contributed by atoms with E-state index in [1.165, 1.54) is 38.9 Å². The Labute approximate surface area is 231 Å². The summed E-state index contributed by atoms with van der Waals surface area (Å²) >= 11 is 6.16. The Balaban J connectivity index is 1.21. The quantitative estimate of drug-likeness (QED) is 0.242. The van der Waals surface area contributed by atoms with Crippen molar-refractivity contribution < 1.29 is 4.79 Å². The molecule has 4 nitrogen and oxygen atoms in total. The largest absolute Gasteiger partial charge is 0.354 e. The average Bonchev–Trinajstić information content (AvgIpc) is 3.27. The maximum atomic E-state index is 12.1. The van der Waals surface area contributed by atoms with Gasteiger partial charge in [0.25, 0.3) is 0 Å². The van der Waals surface area contributed by atoms with E-state index < -0.39 is 0 Å². The van der Waals surface area contributed by atoms with Crippen LogP contribution in [0.5, 0.6) is 0 Å². The molecule has 38 heavy (non-hydrogen) atoms. The zero-order valence-corrected chi connectivity index (χ0v) is 23.4. The van der Waals surface area contributed by atoms with Gasteiger partial charge in [-0.3, -0.25) is 4.79 Å². The third-order valence-electron chi connectivity index (χ3n) is 7.83. The summed E-state index contributed by atoms with van der Waals surface area (Å²) in [6.45, 7) is 9.35. The van der Waals surface area contributed by atoms with Crippen molar-refractivity contribution >= 4 is 34.1 Å². The van der Waals surface area contributed by atoms with Gasteiger partial charge in [0.2, 0.25) is 5.91 Å². The summed E-state index contributed by atoms with van der Waals surface area (Å²) in [7, 11) is 0. The third kappa shape index (κ3) is 6.14. The highest BCUT2D eigenvalue weighted by Gasteiger charge is 2.21. The first kappa shape index (κ1) is 26.5. The highest BCUT2D eigenvalue weighted by Crippen LogP contribution is 2.33. The molecule has 0 saturated carbocycles. The lowest BCUT2D eigenvalue weighted by Crippen LogP contribution is -2.33. The molecule has 0 atom stereocenters. The number of aromatic nitrogens is 1. The number of amides is 1. The van der Waals surface area contributed by atoms with Crippen molar-refractivity contribution in [2.45, 2.75) is 52.4 Å². The van der Waals surface area contributed by atoms with E-state index in [0.717, 1.165) is 56.0 Å². The maximum absolute atomic E-state index is 12.1. The van der Waals surface area contributed by atoms with Gasteiger partial charge in [0.1, 0.15) is 0 Å². The minimum absolute atomic E-state index is 0.0163. The van der Waals surface area contributed by atoms with Gasteiger partial charge in [-0.25, -0.2) is 0 Å². The molecule has 5 rings (SSSR count). The lowest BCUT2D eigenvalue weighted by atomic mass is 9.89. The van der Waals surface area contributed by atoms with Gasteiger partial charge < -0.3 is 15.2 Å². The van der Waals surface area contributed by atoms with Gasteiger partial charge in [-0.1, -0.05) is 61.3 Å². The minimum atomic E-state index is -0.0163. The molecule has 1 aromatic heterocycles. The summed E-state index contributed by atoms with van der Waals surface area (Å²) < 4.78 is 0. The summed E-state index contributed by atoms with van der Waals surface area (Å²) in [5.41, 5.74) is 8.54. The second kappa shape index (κ2) is 11.8.